The molecule has 1 fully saturated rings. The van der Waals surface area contributed by atoms with Gasteiger partial charge in [-0.2, -0.15) is 5.10 Å². The molecule has 31 heavy (non-hydrogen) atoms. The van der Waals surface area contributed by atoms with Crippen molar-refractivity contribution in [2.45, 2.75) is 18.9 Å². The van der Waals surface area contributed by atoms with Crippen molar-refractivity contribution in [3.63, 3.8) is 0 Å². The lowest BCUT2D eigenvalue weighted by atomic mass is 10.1. The summed E-state index contributed by atoms with van der Waals surface area (Å²) in [7, 11) is 5.53. The Morgan fingerprint density at radius 2 is 1.94 bits per heavy atom. The van der Waals surface area contributed by atoms with Crippen LogP contribution in [0.4, 0.5) is 10.2 Å². The van der Waals surface area contributed by atoms with Crippen molar-refractivity contribution in [2.24, 2.45) is 7.05 Å². The number of hydrogen-bond donors (Lipinski definition) is 0. The van der Waals surface area contributed by atoms with Crippen molar-refractivity contribution in [3.8, 4) is 17.1 Å². The molecule has 1 aliphatic rings. The zero-order valence-electron chi connectivity index (χ0n) is 17.8. The molecule has 1 unspecified atom stereocenters. The maximum absolute atomic E-state index is 13.2. The second kappa shape index (κ2) is 8.71. The summed E-state index contributed by atoms with van der Waals surface area (Å²) < 4.78 is 20.7. The van der Waals surface area contributed by atoms with E-state index in [1.807, 2.05) is 25.1 Å². The standard InChI is InChI=1S/C22H25FN6O2/c1-27(2)20-10-11-21(25-24-20)31-17-5-4-12-29(14-17)22(30)19-13-18(26-28(19)3)15-6-8-16(23)9-7-15/h6-11,13,17H,4-5,12,14H2,1-3H3. The molecule has 1 atom stereocenters. The highest BCUT2D eigenvalue weighted by atomic mass is 19.1. The predicted molar refractivity (Wildman–Crippen MR) is 115 cm³/mol. The topological polar surface area (TPSA) is 76.4 Å². The van der Waals surface area contributed by atoms with Crippen LogP contribution < -0.4 is 9.64 Å². The molecule has 3 heterocycles. The van der Waals surface area contributed by atoms with Gasteiger partial charge in [0.25, 0.3) is 5.91 Å². The summed E-state index contributed by atoms with van der Waals surface area (Å²) >= 11 is 0. The van der Waals surface area contributed by atoms with Crippen LogP contribution in [0.25, 0.3) is 11.3 Å². The molecule has 9 heteroatoms. The van der Waals surface area contributed by atoms with Gasteiger partial charge < -0.3 is 14.5 Å². The zero-order chi connectivity index (χ0) is 22.0. The number of rotatable bonds is 5. The molecule has 0 aliphatic carbocycles. The SMILES string of the molecule is CN(C)c1ccc(OC2CCCN(C(=O)c3cc(-c4ccc(F)cc4)nn3C)C2)nn1. The van der Waals surface area contributed by atoms with Gasteiger partial charge in [-0.1, -0.05) is 0 Å². The number of hydrogen-bond acceptors (Lipinski definition) is 6. The first kappa shape index (κ1) is 20.8. The van der Waals surface area contributed by atoms with E-state index < -0.39 is 0 Å². The Labute approximate surface area is 180 Å². The lowest BCUT2D eigenvalue weighted by Crippen LogP contribution is -2.45. The summed E-state index contributed by atoms with van der Waals surface area (Å²) in [6.45, 7) is 1.12. The Balaban J connectivity index is 1.44. The molecule has 1 aromatic carbocycles. The highest BCUT2D eigenvalue weighted by molar-refractivity contribution is 5.93. The maximum atomic E-state index is 13.2. The summed E-state index contributed by atoms with van der Waals surface area (Å²) in [5.74, 6) is 0.784. The van der Waals surface area contributed by atoms with Gasteiger partial charge in [-0.3, -0.25) is 9.48 Å². The fraction of sp³-hybridized carbons (Fsp3) is 0.364. The van der Waals surface area contributed by atoms with Crippen molar-refractivity contribution in [1.82, 2.24) is 24.9 Å². The Morgan fingerprint density at radius 3 is 2.61 bits per heavy atom. The fourth-order valence-electron chi connectivity index (χ4n) is 3.60. The molecule has 0 spiro atoms. The molecule has 8 nitrogen and oxygen atoms in total. The molecule has 3 aromatic rings. The third-order valence-corrected chi connectivity index (χ3v) is 5.28. The number of halogens is 1. The first-order chi connectivity index (χ1) is 14.9. The van der Waals surface area contributed by atoms with Crippen LogP contribution in [-0.4, -0.2) is 64.1 Å². The molecule has 0 N–H and O–H groups in total. The maximum Gasteiger partial charge on any atom is 0.272 e. The predicted octanol–water partition coefficient (Wildman–Crippen LogP) is 2.77. The number of anilines is 1. The molecule has 1 amide bonds. The van der Waals surface area contributed by atoms with Crippen LogP contribution in [0.1, 0.15) is 23.3 Å². The molecule has 1 saturated heterocycles. The number of likely N-dealkylation sites (tertiary alicyclic amines) is 1. The molecule has 162 valence electrons. The summed E-state index contributed by atoms with van der Waals surface area (Å²) in [5, 5.41) is 12.7. The Kier molecular flexibility index (Phi) is 5.83. The highest BCUT2D eigenvalue weighted by Crippen LogP contribution is 2.22. The van der Waals surface area contributed by atoms with Gasteiger partial charge >= 0.3 is 0 Å². The van der Waals surface area contributed by atoms with Crippen molar-refractivity contribution < 1.29 is 13.9 Å². The van der Waals surface area contributed by atoms with Crippen LogP contribution in [0.5, 0.6) is 5.88 Å². The molecule has 0 saturated carbocycles. The van der Waals surface area contributed by atoms with E-state index in [2.05, 4.69) is 15.3 Å². The Hall–Kier alpha value is -3.49. The number of carbonyl (C=O) groups is 1. The van der Waals surface area contributed by atoms with Crippen molar-refractivity contribution in [3.05, 3.63) is 54.0 Å². The summed E-state index contributed by atoms with van der Waals surface area (Å²) in [4.78, 5) is 16.8. The van der Waals surface area contributed by atoms with E-state index in [9.17, 15) is 9.18 Å². The van der Waals surface area contributed by atoms with Crippen molar-refractivity contribution in [1.29, 1.82) is 0 Å². The second-order valence-electron chi connectivity index (χ2n) is 7.80. The molecule has 2 aromatic heterocycles. The van der Waals surface area contributed by atoms with Crippen LogP contribution in [0.15, 0.2) is 42.5 Å². The van der Waals surface area contributed by atoms with Gasteiger partial charge in [-0.25, -0.2) is 4.39 Å². The molecule has 1 aliphatic heterocycles. The average molecular weight is 424 g/mol. The van der Waals surface area contributed by atoms with Gasteiger partial charge in [-0.05, 0) is 49.2 Å². The summed E-state index contributed by atoms with van der Waals surface area (Å²) in [5.41, 5.74) is 1.87. The quantitative estimate of drug-likeness (QED) is 0.627. The summed E-state index contributed by atoms with van der Waals surface area (Å²) in [6.07, 6.45) is 1.53. The van der Waals surface area contributed by atoms with Gasteiger partial charge in [0.15, 0.2) is 5.82 Å². The number of aromatic nitrogens is 4. The van der Waals surface area contributed by atoms with Gasteiger partial charge in [0.05, 0.1) is 12.2 Å². The van der Waals surface area contributed by atoms with E-state index in [1.165, 1.54) is 12.1 Å². The normalized spacial score (nSPS) is 16.3. The number of ether oxygens (including phenoxy) is 1. The van der Waals surface area contributed by atoms with Gasteiger partial charge in [-0.15, -0.1) is 10.2 Å². The third kappa shape index (κ3) is 4.65. The molecular formula is C22H25FN6O2. The van der Waals surface area contributed by atoms with E-state index in [0.29, 0.717) is 30.4 Å². The third-order valence-electron chi connectivity index (χ3n) is 5.28. The molecule has 0 bridgehead atoms. The lowest BCUT2D eigenvalue weighted by Gasteiger charge is -2.32. The van der Waals surface area contributed by atoms with Gasteiger partial charge in [0.1, 0.15) is 17.6 Å². The Morgan fingerprint density at radius 1 is 1.16 bits per heavy atom. The first-order valence-electron chi connectivity index (χ1n) is 10.2. The average Bonchev–Trinajstić information content (AvgIpc) is 3.16. The number of aryl methyl sites for hydroxylation is 1. The van der Waals surface area contributed by atoms with E-state index >= 15 is 0 Å². The number of benzene rings is 1. The van der Waals surface area contributed by atoms with Gasteiger partial charge in [0.2, 0.25) is 5.88 Å². The van der Waals surface area contributed by atoms with E-state index in [-0.39, 0.29) is 17.8 Å². The van der Waals surface area contributed by atoms with E-state index in [0.717, 1.165) is 24.2 Å². The number of nitrogens with zero attached hydrogens (tertiary/aromatic N) is 6. The van der Waals surface area contributed by atoms with Crippen molar-refractivity contribution in [2.75, 3.05) is 32.1 Å². The van der Waals surface area contributed by atoms with Gasteiger partial charge in [0, 0.05) is 39.3 Å². The second-order valence-corrected chi connectivity index (χ2v) is 7.80. The largest absolute Gasteiger partial charge is 0.471 e. The van der Waals surface area contributed by atoms with Crippen LogP contribution in [-0.2, 0) is 7.05 Å². The fourth-order valence-corrected chi connectivity index (χ4v) is 3.60. The smallest absolute Gasteiger partial charge is 0.272 e. The Bertz CT molecular complexity index is 1050. The van der Waals surface area contributed by atoms with Crippen molar-refractivity contribution >= 4 is 11.7 Å². The van der Waals surface area contributed by atoms with E-state index in [1.54, 1.807) is 40.9 Å². The number of piperidine rings is 1. The van der Waals surface area contributed by atoms with Crippen LogP contribution in [0.3, 0.4) is 0 Å². The van der Waals surface area contributed by atoms with Crippen LogP contribution in [0, 0.1) is 5.82 Å². The minimum atomic E-state index is -0.309. The van der Waals surface area contributed by atoms with Crippen LogP contribution in [0.2, 0.25) is 0 Å². The molecule has 4 rings (SSSR count). The highest BCUT2D eigenvalue weighted by Gasteiger charge is 2.28. The zero-order valence-corrected chi connectivity index (χ0v) is 17.8. The lowest BCUT2D eigenvalue weighted by molar-refractivity contribution is 0.0516. The summed E-state index contributed by atoms with van der Waals surface area (Å²) in [6, 6.07) is 11.4. The number of amides is 1. The minimum absolute atomic E-state index is 0.106. The molecule has 0 radical (unpaired) electrons. The number of carbonyl (C=O) groups excluding carboxylic acids is 1. The van der Waals surface area contributed by atoms with Crippen LogP contribution >= 0.6 is 0 Å². The molecular weight excluding hydrogens is 399 g/mol. The first-order valence-corrected chi connectivity index (χ1v) is 10.2. The minimum Gasteiger partial charge on any atom is -0.471 e. The van der Waals surface area contributed by atoms with E-state index in [4.69, 9.17) is 4.74 Å². The monoisotopic (exact) mass is 424 g/mol.